The van der Waals surface area contributed by atoms with Crippen molar-refractivity contribution in [1.29, 1.82) is 0 Å². The molecule has 0 aliphatic rings. The van der Waals surface area contributed by atoms with E-state index in [1.807, 2.05) is 13.8 Å². The molecule has 0 spiro atoms. The van der Waals surface area contributed by atoms with E-state index in [2.05, 4.69) is 5.10 Å². The van der Waals surface area contributed by atoms with Crippen LogP contribution in [0.5, 0.6) is 0 Å². The molecule has 0 radical (unpaired) electrons. The Morgan fingerprint density at radius 2 is 1.89 bits per heavy atom. The first-order valence-corrected chi connectivity index (χ1v) is 6.10. The SMILES string of the molecule is CC(C)c1cc(Cl)n(-c2cccc(C(F)(F)F)c2)n1. The van der Waals surface area contributed by atoms with Crippen molar-refractivity contribution >= 4 is 11.6 Å². The van der Waals surface area contributed by atoms with Crippen LogP contribution < -0.4 is 0 Å². The highest BCUT2D eigenvalue weighted by atomic mass is 35.5. The summed E-state index contributed by atoms with van der Waals surface area (Å²) >= 11 is 6.01. The predicted molar refractivity (Wildman–Crippen MR) is 67.7 cm³/mol. The van der Waals surface area contributed by atoms with Crippen molar-refractivity contribution < 1.29 is 13.2 Å². The Bertz CT molecular complexity index is 588. The van der Waals surface area contributed by atoms with E-state index < -0.39 is 11.7 Å². The second kappa shape index (κ2) is 4.89. The standard InChI is InChI=1S/C13H12ClF3N2/c1-8(2)11-7-12(14)19(18-11)10-5-3-4-9(6-10)13(15,16)17/h3-8H,1-2H3. The average molecular weight is 289 g/mol. The molecule has 2 aromatic rings. The van der Waals surface area contributed by atoms with Gasteiger partial charge in [-0.05, 0) is 30.2 Å². The quantitative estimate of drug-likeness (QED) is 0.785. The molecule has 102 valence electrons. The highest BCUT2D eigenvalue weighted by Gasteiger charge is 2.30. The summed E-state index contributed by atoms with van der Waals surface area (Å²) in [6.07, 6.45) is -4.38. The summed E-state index contributed by atoms with van der Waals surface area (Å²) in [5.41, 5.74) is 0.316. The van der Waals surface area contributed by atoms with Crippen LogP contribution in [0, 0.1) is 0 Å². The Hall–Kier alpha value is -1.49. The van der Waals surface area contributed by atoms with Crippen molar-refractivity contribution in [3.05, 3.63) is 46.7 Å². The van der Waals surface area contributed by atoms with Gasteiger partial charge < -0.3 is 0 Å². The van der Waals surface area contributed by atoms with Gasteiger partial charge in [-0.2, -0.15) is 18.3 Å². The zero-order chi connectivity index (χ0) is 14.2. The van der Waals surface area contributed by atoms with Crippen molar-refractivity contribution in [1.82, 2.24) is 9.78 Å². The Morgan fingerprint density at radius 1 is 1.21 bits per heavy atom. The minimum atomic E-state index is -4.38. The van der Waals surface area contributed by atoms with Gasteiger partial charge in [-0.25, -0.2) is 4.68 Å². The molecular formula is C13H12ClF3N2. The van der Waals surface area contributed by atoms with Crippen LogP contribution in [0.15, 0.2) is 30.3 Å². The normalized spacial score (nSPS) is 12.2. The van der Waals surface area contributed by atoms with Gasteiger partial charge in [0.15, 0.2) is 0 Å². The van der Waals surface area contributed by atoms with Crippen LogP contribution in [0.1, 0.15) is 31.0 Å². The van der Waals surface area contributed by atoms with E-state index in [0.29, 0.717) is 10.8 Å². The molecule has 0 saturated carbocycles. The second-order valence-electron chi connectivity index (χ2n) is 4.51. The monoisotopic (exact) mass is 288 g/mol. The molecular weight excluding hydrogens is 277 g/mol. The molecule has 0 unspecified atom stereocenters. The van der Waals surface area contributed by atoms with E-state index in [1.54, 1.807) is 6.07 Å². The van der Waals surface area contributed by atoms with Crippen LogP contribution in [0.2, 0.25) is 5.15 Å². The maximum absolute atomic E-state index is 12.7. The molecule has 1 aromatic heterocycles. The Kier molecular flexibility index (Phi) is 3.58. The van der Waals surface area contributed by atoms with Gasteiger partial charge in [0.1, 0.15) is 5.15 Å². The highest BCUT2D eigenvalue weighted by molar-refractivity contribution is 6.29. The molecule has 19 heavy (non-hydrogen) atoms. The van der Waals surface area contributed by atoms with Gasteiger partial charge in [-0.1, -0.05) is 31.5 Å². The number of aromatic nitrogens is 2. The molecule has 0 saturated heterocycles. The van der Waals surface area contributed by atoms with Gasteiger partial charge >= 0.3 is 6.18 Å². The largest absolute Gasteiger partial charge is 0.416 e. The molecule has 0 aliphatic carbocycles. The van der Waals surface area contributed by atoms with Gasteiger partial charge in [0, 0.05) is 0 Å². The molecule has 1 heterocycles. The lowest BCUT2D eigenvalue weighted by Gasteiger charge is -2.09. The molecule has 6 heteroatoms. The summed E-state index contributed by atoms with van der Waals surface area (Å²) in [5.74, 6) is 0.157. The van der Waals surface area contributed by atoms with E-state index in [1.165, 1.54) is 16.8 Å². The first-order valence-electron chi connectivity index (χ1n) is 5.72. The number of rotatable bonds is 2. The maximum atomic E-state index is 12.7. The third-order valence-corrected chi connectivity index (χ3v) is 2.96. The fraction of sp³-hybridized carbons (Fsp3) is 0.308. The topological polar surface area (TPSA) is 17.8 Å². The Balaban J connectivity index is 2.48. The van der Waals surface area contributed by atoms with Crippen LogP contribution in [0.25, 0.3) is 5.69 Å². The average Bonchev–Trinajstić information content (AvgIpc) is 2.71. The number of halogens is 4. The number of hydrogen-bond acceptors (Lipinski definition) is 1. The lowest BCUT2D eigenvalue weighted by Crippen LogP contribution is -2.06. The zero-order valence-corrected chi connectivity index (χ0v) is 11.1. The van der Waals surface area contributed by atoms with Gasteiger partial charge in [0.25, 0.3) is 0 Å². The van der Waals surface area contributed by atoms with E-state index in [-0.39, 0.29) is 5.92 Å². The number of alkyl halides is 3. The number of nitrogens with zero attached hydrogens (tertiary/aromatic N) is 2. The van der Waals surface area contributed by atoms with Crippen molar-refractivity contribution in [3.8, 4) is 5.69 Å². The molecule has 2 rings (SSSR count). The lowest BCUT2D eigenvalue weighted by molar-refractivity contribution is -0.137. The van der Waals surface area contributed by atoms with Crippen LogP contribution in [0.4, 0.5) is 13.2 Å². The second-order valence-corrected chi connectivity index (χ2v) is 4.89. The van der Waals surface area contributed by atoms with Gasteiger partial charge in [0.2, 0.25) is 0 Å². The lowest BCUT2D eigenvalue weighted by atomic mass is 10.1. The van der Waals surface area contributed by atoms with E-state index in [9.17, 15) is 13.2 Å². The predicted octanol–water partition coefficient (Wildman–Crippen LogP) is 4.67. The van der Waals surface area contributed by atoms with Crippen LogP contribution in [-0.4, -0.2) is 9.78 Å². The Labute approximate surface area is 113 Å². The number of benzene rings is 1. The summed E-state index contributed by atoms with van der Waals surface area (Å²) in [6.45, 7) is 3.88. The van der Waals surface area contributed by atoms with E-state index >= 15 is 0 Å². The van der Waals surface area contributed by atoms with E-state index in [4.69, 9.17) is 11.6 Å². The van der Waals surface area contributed by atoms with Gasteiger partial charge in [0.05, 0.1) is 16.9 Å². The minimum absolute atomic E-state index is 0.157. The van der Waals surface area contributed by atoms with Gasteiger partial charge in [-0.3, -0.25) is 0 Å². The van der Waals surface area contributed by atoms with Crippen molar-refractivity contribution in [3.63, 3.8) is 0 Å². The fourth-order valence-electron chi connectivity index (χ4n) is 1.65. The van der Waals surface area contributed by atoms with Crippen molar-refractivity contribution in [2.24, 2.45) is 0 Å². The summed E-state index contributed by atoms with van der Waals surface area (Å²) in [5, 5.41) is 4.51. The summed E-state index contributed by atoms with van der Waals surface area (Å²) in [4.78, 5) is 0. The highest BCUT2D eigenvalue weighted by Crippen LogP contribution is 2.31. The molecule has 0 bridgehead atoms. The van der Waals surface area contributed by atoms with Gasteiger partial charge in [-0.15, -0.1) is 0 Å². The van der Waals surface area contributed by atoms with Crippen molar-refractivity contribution in [2.75, 3.05) is 0 Å². The summed E-state index contributed by atoms with van der Waals surface area (Å²) < 4.78 is 39.3. The van der Waals surface area contributed by atoms with E-state index in [0.717, 1.165) is 17.8 Å². The molecule has 1 aromatic carbocycles. The molecule has 2 nitrogen and oxygen atoms in total. The number of hydrogen-bond donors (Lipinski definition) is 0. The molecule has 0 aliphatic heterocycles. The van der Waals surface area contributed by atoms with Crippen LogP contribution in [-0.2, 0) is 6.18 Å². The molecule has 0 N–H and O–H groups in total. The summed E-state index contributed by atoms with van der Waals surface area (Å²) in [6, 6.07) is 6.59. The first-order chi connectivity index (χ1) is 8.79. The first kappa shape index (κ1) is 13.9. The molecule has 0 atom stereocenters. The smallest absolute Gasteiger partial charge is 0.222 e. The molecule has 0 fully saturated rings. The third-order valence-electron chi connectivity index (χ3n) is 2.69. The Morgan fingerprint density at radius 3 is 2.42 bits per heavy atom. The summed E-state index contributed by atoms with van der Waals surface area (Å²) in [7, 11) is 0. The maximum Gasteiger partial charge on any atom is 0.416 e. The van der Waals surface area contributed by atoms with Crippen LogP contribution in [0.3, 0.4) is 0 Å². The van der Waals surface area contributed by atoms with Crippen LogP contribution >= 0.6 is 11.6 Å². The molecule has 0 amide bonds. The third kappa shape index (κ3) is 2.92. The fourth-order valence-corrected chi connectivity index (χ4v) is 1.90. The van der Waals surface area contributed by atoms with Crippen molar-refractivity contribution in [2.45, 2.75) is 25.9 Å². The minimum Gasteiger partial charge on any atom is -0.222 e. The zero-order valence-electron chi connectivity index (χ0n) is 10.4.